The molecule has 0 saturated heterocycles. The average molecular weight is 419 g/mol. The minimum Gasteiger partial charge on any atom is -0.484 e. The number of carbonyl (C=O) groups excluding carboxylic acids is 1. The Morgan fingerprint density at radius 2 is 2.03 bits per heavy atom. The van der Waals surface area contributed by atoms with Crippen molar-refractivity contribution in [2.24, 2.45) is 0 Å². The first-order chi connectivity index (χ1) is 15.1. The molecule has 1 saturated carbocycles. The number of rotatable bonds is 6. The van der Waals surface area contributed by atoms with Crippen molar-refractivity contribution in [3.63, 3.8) is 0 Å². The van der Waals surface area contributed by atoms with Gasteiger partial charge in [-0.05, 0) is 48.7 Å². The molecule has 8 nitrogen and oxygen atoms in total. The van der Waals surface area contributed by atoms with E-state index in [1.54, 1.807) is 18.2 Å². The van der Waals surface area contributed by atoms with Gasteiger partial charge >= 0.3 is 5.97 Å². The van der Waals surface area contributed by atoms with Crippen LogP contribution in [0.15, 0.2) is 47.0 Å². The van der Waals surface area contributed by atoms with Gasteiger partial charge in [0.15, 0.2) is 6.61 Å². The van der Waals surface area contributed by atoms with Crippen LogP contribution in [0.25, 0.3) is 11.4 Å². The van der Waals surface area contributed by atoms with Crippen LogP contribution in [0.3, 0.4) is 0 Å². The van der Waals surface area contributed by atoms with Crippen LogP contribution in [-0.4, -0.2) is 38.1 Å². The zero-order valence-electron chi connectivity index (χ0n) is 16.8. The summed E-state index contributed by atoms with van der Waals surface area (Å²) in [6.45, 7) is 0.700. The van der Waals surface area contributed by atoms with Crippen LogP contribution in [0.5, 0.6) is 5.75 Å². The number of hydrogen-bond donors (Lipinski definition) is 1. The van der Waals surface area contributed by atoms with Crippen molar-refractivity contribution in [2.45, 2.75) is 44.9 Å². The molecule has 158 valence electrons. The number of benzene rings is 2. The first-order valence-corrected chi connectivity index (χ1v) is 10.3. The van der Waals surface area contributed by atoms with Gasteiger partial charge < -0.3 is 19.3 Å². The van der Waals surface area contributed by atoms with Crippen LogP contribution in [0.4, 0.5) is 0 Å². The largest absolute Gasteiger partial charge is 0.484 e. The zero-order valence-corrected chi connectivity index (χ0v) is 16.8. The number of carboxylic acids is 1. The molecule has 1 amide bonds. The molecular formula is C23H21N3O5. The minimum absolute atomic E-state index is 0.0741. The highest BCUT2D eigenvalue weighted by Gasteiger charge is 2.34. The molecule has 0 radical (unpaired) electrons. The van der Waals surface area contributed by atoms with E-state index >= 15 is 0 Å². The monoisotopic (exact) mass is 419 g/mol. The van der Waals surface area contributed by atoms with Crippen molar-refractivity contribution in [2.75, 3.05) is 0 Å². The predicted molar refractivity (Wildman–Crippen MR) is 110 cm³/mol. The molecule has 2 heterocycles. The van der Waals surface area contributed by atoms with E-state index < -0.39 is 5.97 Å². The molecule has 1 aromatic heterocycles. The summed E-state index contributed by atoms with van der Waals surface area (Å²) >= 11 is 0. The van der Waals surface area contributed by atoms with Crippen LogP contribution in [0.2, 0.25) is 0 Å². The van der Waals surface area contributed by atoms with Gasteiger partial charge in [0.05, 0.1) is 5.56 Å². The van der Waals surface area contributed by atoms with E-state index in [0.29, 0.717) is 29.7 Å². The van der Waals surface area contributed by atoms with E-state index in [0.717, 1.165) is 24.0 Å². The molecule has 0 spiro atoms. The summed E-state index contributed by atoms with van der Waals surface area (Å²) in [7, 11) is 0. The number of hydrogen-bond acceptors (Lipinski definition) is 6. The van der Waals surface area contributed by atoms with E-state index in [9.17, 15) is 9.59 Å². The second kappa shape index (κ2) is 7.86. The van der Waals surface area contributed by atoms with Crippen molar-refractivity contribution in [1.29, 1.82) is 0 Å². The van der Waals surface area contributed by atoms with Gasteiger partial charge in [-0.1, -0.05) is 30.1 Å². The fourth-order valence-corrected chi connectivity index (χ4v) is 4.29. The van der Waals surface area contributed by atoms with Crippen LogP contribution >= 0.6 is 0 Å². The summed E-state index contributed by atoms with van der Waals surface area (Å²) < 4.78 is 11.0. The Balaban J connectivity index is 1.26. The van der Waals surface area contributed by atoms with Gasteiger partial charge in [-0.2, -0.15) is 4.98 Å². The van der Waals surface area contributed by atoms with Crippen molar-refractivity contribution in [1.82, 2.24) is 15.0 Å². The summed E-state index contributed by atoms with van der Waals surface area (Å²) in [5, 5.41) is 13.0. The number of nitrogens with zero attached hydrogens (tertiary/aromatic N) is 3. The van der Waals surface area contributed by atoms with Gasteiger partial charge in [-0.15, -0.1) is 0 Å². The van der Waals surface area contributed by atoms with Crippen LogP contribution < -0.4 is 4.74 Å². The molecule has 31 heavy (non-hydrogen) atoms. The highest BCUT2D eigenvalue weighted by molar-refractivity contribution is 5.98. The van der Waals surface area contributed by atoms with Crippen molar-refractivity contribution in [3.8, 4) is 17.1 Å². The maximum atomic E-state index is 12.7. The van der Waals surface area contributed by atoms with Crippen molar-refractivity contribution >= 4 is 11.9 Å². The Morgan fingerprint density at radius 3 is 2.84 bits per heavy atom. The number of carboxylic acid groups (broad SMARTS) is 1. The summed E-state index contributed by atoms with van der Waals surface area (Å²) in [4.78, 5) is 30.1. The second-order valence-corrected chi connectivity index (χ2v) is 7.88. The molecule has 1 fully saturated rings. The Bertz CT molecular complexity index is 1150. The van der Waals surface area contributed by atoms with Crippen LogP contribution in [0.1, 0.15) is 57.9 Å². The van der Waals surface area contributed by atoms with E-state index in [4.69, 9.17) is 14.4 Å². The second-order valence-electron chi connectivity index (χ2n) is 7.88. The smallest absolute Gasteiger partial charge is 0.335 e. The third-order valence-electron chi connectivity index (χ3n) is 5.87. The third-order valence-corrected chi connectivity index (χ3v) is 5.87. The number of ether oxygens (including phenoxy) is 1. The normalized spacial score (nSPS) is 16.0. The fraction of sp³-hybridized carbons (Fsp3) is 0.304. The maximum Gasteiger partial charge on any atom is 0.335 e. The Kier molecular flexibility index (Phi) is 4.89. The summed E-state index contributed by atoms with van der Waals surface area (Å²) in [6.07, 6.45) is 4.54. The average Bonchev–Trinajstić information content (AvgIpc) is 3.53. The van der Waals surface area contributed by atoms with Gasteiger partial charge in [0.2, 0.25) is 5.82 Å². The number of carbonyl (C=O) groups is 2. The molecule has 3 aromatic rings. The summed E-state index contributed by atoms with van der Waals surface area (Å²) in [5.41, 5.74) is 2.43. The number of amides is 1. The maximum absolute atomic E-state index is 12.7. The molecule has 1 N–H and O–H groups in total. The molecule has 0 bridgehead atoms. The van der Waals surface area contributed by atoms with Gasteiger partial charge in [0.25, 0.3) is 11.8 Å². The number of fused-ring (bicyclic) bond motifs is 1. The Labute approximate surface area is 178 Å². The lowest BCUT2D eigenvalue weighted by Gasteiger charge is -2.23. The topological polar surface area (TPSA) is 106 Å². The molecule has 1 aliphatic heterocycles. The zero-order chi connectivity index (χ0) is 21.4. The lowest BCUT2D eigenvalue weighted by molar-refractivity contribution is 0.0691. The number of aromatic nitrogens is 2. The van der Waals surface area contributed by atoms with E-state index in [-0.39, 0.29) is 24.0 Å². The van der Waals surface area contributed by atoms with E-state index in [1.807, 2.05) is 17.0 Å². The Hall–Kier alpha value is -3.68. The first-order valence-electron chi connectivity index (χ1n) is 10.3. The fourth-order valence-electron chi connectivity index (χ4n) is 4.29. The molecule has 1 aliphatic carbocycles. The van der Waals surface area contributed by atoms with Crippen molar-refractivity contribution in [3.05, 3.63) is 65.0 Å². The third kappa shape index (κ3) is 3.76. The van der Waals surface area contributed by atoms with Crippen LogP contribution in [0, 0.1) is 0 Å². The predicted octanol–water partition coefficient (Wildman–Crippen LogP) is 3.91. The quantitative estimate of drug-likeness (QED) is 0.646. The van der Waals surface area contributed by atoms with Gasteiger partial charge in [0.1, 0.15) is 5.75 Å². The lowest BCUT2D eigenvalue weighted by atomic mass is 10.1. The highest BCUT2D eigenvalue weighted by atomic mass is 16.5. The summed E-state index contributed by atoms with van der Waals surface area (Å²) in [5.74, 6) is 0.301. The van der Waals surface area contributed by atoms with Gasteiger partial charge in [-0.25, -0.2) is 4.79 Å². The van der Waals surface area contributed by atoms with E-state index in [2.05, 4.69) is 10.1 Å². The SMILES string of the molecule is O=C(O)c1cccc(-c2noc(COc3ccc4c(c3)CN(C3CCCC3)C4=O)n2)c1. The van der Waals surface area contributed by atoms with Crippen LogP contribution in [-0.2, 0) is 13.2 Å². The van der Waals surface area contributed by atoms with Crippen molar-refractivity contribution < 1.29 is 24.0 Å². The number of aromatic carboxylic acids is 1. The molecule has 5 rings (SSSR count). The first kappa shape index (κ1) is 19.3. The summed E-state index contributed by atoms with van der Waals surface area (Å²) in [6, 6.07) is 12.2. The lowest BCUT2D eigenvalue weighted by Crippen LogP contribution is -2.33. The minimum atomic E-state index is -1.02. The molecule has 2 aromatic carbocycles. The molecule has 0 atom stereocenters. The van der Waals surface area contributed by atoms with Gasteiger partial charge in [-0.3, -0.25) is 4.79 Å². The van der Waals surface area contributed by atoms with Gasteiger partial charge in [0, 0.05) is 23.7 Å². The molecule has 2 aliphatic rings. The molecular weight excluding hydrogens is 398 g/mol. The molecule has 8 heteroatoms. The Morgan fingerprint density at radius 1 is 1.19 bits per heavy atom. The highest BCUT2D eigenvalue weighted by Crippen LogP contribution is 2.33. The molecule has 0 unspecified atom stereocenters. The standard InChI is InChI=1S/C23H21N3O5/c27-22-19-9-8-18(11-16(19)12-26(22)17-6-1-2-7-17)30-13-20-24-21(25-31-20)14-4-3-5-15(10-14)23(28)29/h3-5,8-11,17H,1-2,6-7,12-13H2,(H,28,29). The van der Waals surface area contributed by atoms with E-state index in [1.165, 1.54) is 25.0 Å².